The maximum atomic E-state index is 12.6. The van der Waals surface area contributed by atoms with Gasteiger partial charge in [0.1, 0.15) is 0 Å². The Balaban J connectivity index is 1.68. The summed E-state index contributed by atoms with van der Waals surface area (Å²) in [7, 11) is -3.69. The molecule has 0 radical (unpaired) electrons. The molecule has 0 amide bonds. The molecule has 29 heavy (non-hydrogen) atoms. The van der Waals surface area contributed by atoms with Crippen molar-refractivity contribution in [3.63, 3.8) is 0 Å². The van der Waals surface area contributed by atoms with Crippen LogP contribution in [0.3, 0.4) is 0 Å². The van der Waals surface area contributed by atoms with Crippen molar-refractivity contribution in [3.05, 3.63) is 81.8 Å². The minimum Gasteiger partial charge on any atom is -0.332 e. The van der Waals surface area contributed by atoms with E-state index >= 15 is 0 Å². The number of hydrogen-bond donors (Lipinski definition) is 3. The van der Waals surface area contributed by atoms with Gasteiger partial charge in [-0.3, -0.25) is 4.72 Å². The summed E-state index contributed by atoms with van der Waals surface area (Å²) < 4.78 is 28.7. The summed E-state index contributed by atoms with van der Waals surface area (Å²) in [4.78, 5) is 0.154. The normalized spacial score (nSPS) is 11.0. The van der Waals surface area contributed by atoms with Crippen LogP contribution >= 0.6 is 39.7 Å². The Morgan fingerprint density at radius 1 is 0.966 bits per heavy atom. The number of anilines is 3. The first-order chi connectivity index (χ1) is 13.7. The number of hydrogen-bond acceptors (Lipinski definition) is 3. The molecule has 0 aliphatic heterocycles. The van der Waals surface area contributed by atoms with Crippen LogP contribution in [0, 0.1) is 6.92 Å². The molecule has 5 nitrogen and oxygen atoms in total. The van der Waals surface area contributed by atoms with Crippen LogP contribution in [-0.4, -0.2) is 13.5 Å². The summed E-state index contributed by atoms with van der Waals surface area (Å²) in [6.07, 6.45) is 0. The second-order valence-electron chi connectivity index (χ2n) is 6.15. The van der Waals surface area contributed by atoms with Crippen molar-refractivity contribution in [2.24, 2.45) is 0 Å². The molecular formula is C20H17BrClN3O2S2. The van der Waals surface area contributed by atoms with E-state index in [1.54, 1.807) is 36.4 Å². The lowest BCUT2D eigenvalue weighted by molar-refractivity contribution is 0.601. The lowest BCUT2D eigenvalue weighted by atomic mass is 10.2. The van der Waals surface area contributed by atoms with Crippen LogP contribution in [0.15, 0.2) is 76.1 Å². The van der Waals surface area contributed by atoms with E-state index in [0.29, 0.717) is 27.2 Å². The number of thiocarbonyl (C=S) groups is 1. The molecule has 9 heteroatoms. The third-order valence-electron chi connectivity index (χ3n) is 3.99. The van der Waals surface area contributed by atoms with Gasteiger partial charge in [0.25, 0.3) is 10.0 Å². The molecule has 0 spiro atoms. The van der Waals surface area contributed by atoms with Gasteiger partial charge in [-0.05, 0) is 73.2 Å². The van der Waals surface area contributed by atoms with Gasteiger partial charge >= 0.3 is 0 Å². The first kappa shape index (κ1) is 21.6. The summed E-state index contributed by atoms with van der Waals surface area (Å²) in [6, 6.07) is 18.9. The second kappa shape index (κ2) is 9.13. The molecule has 0 saturated heterocycles. The fraction of sp³-hybridized carbons (Fsp3) is 0.0500. The highest BCUT2D eigenvalue weighted by Gasteiger charge is 2.15. The first-order valence-corrected chi connectivity index (χ1v) is 11.5. The van der Waals surface area contributed by atoms with E-state index in [4.69, 9.17) is 23.8 Å². The number of rotatable bonds is 5. The van der Waals surface area contributed by atoms with Crippen LogP contribution in [0.4, 0.5) is 17.1 Å². The Bertz CT molecular complexity index is 1150. The van der Waals surface area contributed by atoms with Gasteiger partial charge in [0, 0.05) is 10.2 Å². The molecule has 3 N–H and O–H groups in total. The standard InChI is InChI=1S/C20H17BrClN3O2S2/c1-13-4-2-3-5-18(13)25-29(26,27)16-9-7-15(8-10-16)23-20(28)24-19-11-6-14(21)12-17(19)22/h2-12,25H,1H3,(H2,23,24,28). The fourth-order valence-corrected chi connectivity index (χ4v) is 4.56. The zero-order valence-corrected chi connectivity index (χ0v) is 19.2. The molecule has 0 aliphatic rings. The molecule has 0 saturated carbocycles. The zero-order chi connectivity index (χ0) is 21.0. The predicted molar refractivity (Wildman–Crippen MR) is 127 cm³/mol. The molecule has 0 heterocycles. The van der Waals surface area contributed by atoms with Gasteiger partial charge in [0.2, 0.25) is 0 Å². The Labute approximate surface area is 188 Å². The largest absolute Gasteiger partial charge is 0.332 e. The Morgan fingerprint density at radius 2 is 1.66 bits per heavy atom. The van der Waals surface area contributed by atoms with E-state index in [2.05, 4.69) is 31.3 Å². The second-order valence-corrected chi connectivity index (χ2v) is 9.56. The highest BCUT2D eigenvalue weighted by atomic mass is 79.9. The Hall–Kier alpha value is -2.13. The van der Waals surface area contributed by atoms with Crippen LogP contribution < -0.4 is 15.4 Å². The van der Waals surface area contributed by atoms with Gasteiger partial charge in [-0.2, -0.15) is 0 Å². The lowest BCUT2D eigenvalue weighted by Gasteiger charge is -2.13. The van der Waals surface area contributed by atoms with E-state index in [1.165, 1.54) is 12.1 Å². The van der Waals surface area contributed by atoms with Crippen LogP contribution in [0.2, 0.25) is 5.02 Å². The predicted octanol–water partition coefficient (Wildman–Crippen LogP) is 6.02. The smallest absolute Gasteiger partial charge is 0.261 e. The summed E-state index contributed by atoms with van der Waals surface area (Å²) in [5.74, 6) is 0. The van der Waals surface area contributed by atoms with Gasteiger partial charge < -0.3 is 10.6 Å². The van der Waals surface area contributed by atoms with Crippen LogP contribution in [0.1, 0.15) is 5.56 Å². The molecule has 3 aromatic carbocycles. The molecule has 0 aromatic heterocycles. The number of para-hydroxylation sites is 1. The van der Waals surface area contributed by atoms with Gasteiger partial charge in [-0.1, -0.05) is 45.7 Å². The number of halogens is 2. The van der Waals surface area contributed by atoms with Gasteiger partial charge in [0.15, 0.2) is 5.11 Å². The maximum Gasteiger partial charge on any atom is 0.261 e. The van der Waals surface area contributed by atoms with Gasteiger partial charge in [0.05, 0.1) is 21.3 Å². The third-order valence-corrected chi connectivity index (χ3v) is 6.38. The fourth-order valence-electron chi connectivity index (χ4n) is 2.48. The Kier molecular flexibility index (Phi) is 6.79. The minimum atomic E-state index is -3.69. The maximum absolute atomic E-state index is 12.6. The molecule has 0 fully saturated rings. The van der Waals surface area contributed by atoms with Crippen LogP contribution in [0.5, 0.6) is 0 Å². The van der Waals surface area contributed by atoms with Crippen molar-refractivity contribution in [2.75, 3.05) is 15.4 Å². The highest BCUT2D eigenvalue weighted by molar-refractivity contribution is 9.10. The number of nitrogens with one attached hydrogen (secondary N) is 3. The molecule has 0 unspecified atom stereocenters. The van der Waals surface area contributed by atoms with E-state index in [-0.39, 0.29) is 4.90 Å². The summed E-state index contributed by atoms with van der Waals surface area (Å²) >= 11 is 14.8. The summed E-state index contributed by atoms with van der Waals surface area (Å²) in [5, 5.41) is 6.87. The molecule has 0 atom stereocenters. The summed E-state index contributed by atoms with van der Waals surface area (Å²) in [6.45, 7) is 1.84. The number of sulfonamides is 1. The SMILES string of the molecule is Cc1ccccc1NS(=O)(=O)c1ccc(NC(=S)Nc2ccc(Br)cc2Cl)cc1. The monoisotopic (exact) mass is 509 g/mol. The average molecular weight is 511 g/mol. The molecule has 3 rings (SSSR count). The number of benzene rings is 3. The molecule has 150 valence electrons. The van der Waals surface area contributed by atoms with E-state index in [1.807, 2.05) is 25.1 Å². The summed E-state index contributed by atoms with van der Waals surface area (Å²) in [5.41, 5.74) is 2.70. The van der Waals surface area contributed by atoms with E-state index in [0.717, 1.165) is 10.0 Å². The lowest BCUT2D eigenvalue weighted by Crippen LogP contribution is -2.19. The van der Waals surface area contributed by atoms with Crippen molar-refractivity contribution >= 4 is 71.9 Å². The molecule has 3 aromatic rings. The Morgan fingerprint density at radius 3 is 2.31 bits per heavy atom. The highest BCUT2D eigenvalue weighted by Crippen LogP contribution is 2.26. The van der Waals surface area contributed by atoms with Crippen molar-refractivity contribution in [3.8, 4) is 0 Å². The minimum absolute atomic E-state index is 0.154. The average Bonchev–Trinajstić information content (AvgIpc) is 2.66. The third kappa shape index (κ3) is 5.70. The van der Waals surface area contributed by atoms with E-state index in [9.17, 15) is 8.42 Å². The zero-order valence-electron chi connectivity index (χ0n) is 15.2. The van der Waals surface area contributed by atoms with Crippen molar-refractivity contribution in [1.82, 2.24) is 0 Å². The molecule has 0 bridgehead atoms. The van der Waals surface area contributed by atoms with Crippen molar-refractivity contribution in [1.29, 1.82) is 0 Å². The van der Waals surface area contributed by atoms with Crippen LogP contribution in [-0.2, 0) is 10.0 Å². The number of aryl methyl sites for hydroxylation is 1. The molecular weight excluding hydrogens is 494 g/mol. The van der Waals surface area contributed by atoms with E-state index < -0.39 is 10.0 Å². The first-order valence-electron chi connectivity index (χ1n) is 8.46. The van der Waals surface area contributed by atoms with Crippen molar-refractivity contribution in [2.45, 2.75) is 11.8 Å². The quantitative estimate of drug-likeness (QED) is 0.366. The van der Waals surface area contributed by atoms with Gasteiger partial charge in [-0.25, -0.2) is 8.42 Å². The van der Waals surface area contributed by atoms with Crippen molar-refractivity contribution < 1.29 is 8.42 Å². The van der Waals surface area contributed by atoms with Gasteiger partial charge in [-0.15, -0.1) is 0 Å². The van der Waals surface area contributed by atoms with Crippen LogP contribution in [0.25, 0.3) is 0 Å². The molecule has 0 aliphatic carbocycles. The topological polar surface area (TPSA) is 70.2 Å².